The van der Waals surface area contributed by atoms with Gasteiger partial charge in [0, 0.05) is 0 Å². The monoisotopic (exact) mass is 222 g/mol. The van der Waals surface area contributed by atoms with Crippen LogP contribution in [-0.4, -0.2) is 31.1 Å². The fraction of sp³-hybridized carbons (Fsp3) is 0.750. The van der Waals surface area contributed by atoms with Gasteiger partial charge in [0.15, 0.2) is 0 Å². The largest absolute Gasteiger partial charge is 0.534 e. The second kappa shape index (κ2) is 3.50. The quantitative estimate of drug-likeness (QED) is 0.515. The maximum absolute atomic E-state index is 11.5. The Morgan fingerprint density at radius 3 is 2.08 bits per heavy atom. The van der Waals surface area contributed by atoms with Gasteiger partial charge in [-0.1, -0.05) is 0 Å². The van der Waals surface area contributed by atoms with Crippen molar-refractivity contribution in [2.75, 3.05) is 0 Å². The first kappa shape index (κ1) is 12.2. The van der Waals surface area contributed by atoms with Gasteiger partial charge in [-0.2, -0.15) is 21.6 Å². The molecule has 0 aromatic heterocycles. The van der Waals surface area contributed by atoms with Crippen LogP contribution in [0.1, 0.15) is 6.92 Å². The van der Waals surface area contributed by atoms with Crippen molar-refractivity contribution in [3.05, 3.63) is 0 Å². The van der Waals surface area contributed by atoms with E-state index in [1.807, 2.05) is 0 Å². The first-order valence-corrected chi connectivity index (χ1v) is 4.21. The van der Waals surface area contributed by atoms with Crippen molar-refractivity contribution in [2.24, 2.45) is 0 Å². The first-order chi connectivity index (χ1) is 5.58. The predicted molar refractivity (Wildman–Crippen MR) is 32.7 cm³/mol. The zero-order valence-corrected chi connectivity index (χ0v) is 7.02. The summed E-state index contributed by atoms with van der Waals surface area (Å²) in [5.41, 5.74) is -5.67. The van der Waals surface area contributed by atoms with Crippen LogP contribution in [0.15, 0.2) is 0 Å². The summed E-state index contributed by atoms with van der Waals surface area (Å²) in [5.74, 6) is -1.88. The number of carbonyl (C=O) groups excluding carboxylic acids is 1. The highest BCUT2D eigenvalue weighted by Gasteiger charge is 2.49. The Hall–Kier alpha value is -0.830. The molecule has 1 N–H and O–H groups in total. The van der Waals surface area contributed by atoms with Crippen LogP contribution in [-0.2, 0) is 19.1 Å². The van der Waals surface area contributed by atoms with Gasteiger partial charge in [0.25, 0.3) is 0 Å². The normalized spacial score (nSPS) is 15.2. The summed E-state index contributed by atoms with van der Waals surface area (Å²) in [7, 11) is -5.95. The zero-order valence-electron chi connectivity index (χ0n) is 6.20. The lowest BCUT2D eigenvalue weighted by Crippen LogP contribution is -2.31. The molecule has 0 radical (unpaired) electrons. The maximum atomic E-state index is 11.5. The fourth-order valence-corrected chi connectivity index (χ4v) is 0.675. The number of halogens is 3. The summed E-state index contributed by atoms with van der Waals surface area (Å²) < 4.78 is 57.7. The van der Waals surface area contributed by atoms with E-state index in [1.54, 1.807) is 0 Å². The van der Waals surface area contributed by atoms with Gasteiger partial charge < -0.3 is 9.29 Å². The highest BCUT2D eigenvalue weighted by molar-refractivity contribution is 7.88. The third kappa shape index (κ3) is 3.19. The van der Waals surface area contributed by atoms with E-state index in [0.29, 0.717) is 0 Å². The van der Waals surface area contributed by atoms with Crippen molar-refractivity contribution in [1.29, 1.82) is 0 Å². The van der Waals surface area contributed by atoms with Crippen molar-refractivity contribution in [1.82, 2.24) is 0 Å². The maximum Gasteiger partial charge on any atom is 0.534 e. The SMILES string of the molecule is C[C@@H](O)C(=O)OS(=O)(=O)C(F)(F)F. The van der Waals surface area contributed by atoms with E-state index in [-0.39, 0.29) is 0 Å². The van der Waals surface area contributed by atoms with Gasteiger partial charge in [0.2, 0.25) is 0 Å². The minimum absolute atomic E-state index is 0.772. The highest BCUT2D eigenvalue weighted by atomic mass is 32.2. The molecular weight excluding hydrogens is 217 g/mol. The predicted octanol–water partition coefficient (Wildman–Crippen LogP) is -0.240. The molecular formula is C4H5F3O5S. The molecule has 13 heavy (non-hydrogen) atoms. The van der Waals surface area contributed by atoms with Gasteiger partial charge in [-0.3, -0.25) is 0 Å². The molecule has 0 fully saturated rings. The molecule has 5 nitrogen and oxygen atoms in total. The minimum Gasteiger partial charge on any atom is -0.382 e. The smallest absolute Gasteiger partial charge is 0.382 e. The number of carbonyl (C=O) groups is 1. The van der Waals surface area contributed by atoms with Crippen molar-refractivity contribution in [3.63, 3.8) is 0 Å². The summed E-state index contributed by atoms with van der Waals surface area (Å²) in [5, 5.41) is 8.34. The van der Waals surface area contributed by atoms with Gasteiger partial charge in [-0.15, -0.1) is 0 Å². The van der Waals surface area contributed by atoms with Gasteiger partial charge in [-0.05, 0) is 6.92 Å². The van der Waals surface area contributed by atoms with E-state index >= 15 is 0 Å². The van der Waals surface area contributed by atoms with Crippen LogP contribution in [0, 0.1) is 0 Å². The third-order valence-electron chi connectivity index (χ3n) is 0.816. The average molecular weight is 222 g/mol. The minimum atomic E-state index is -5.95. The molecule has 9 heteroatoms. The Kier molecular flexibility index (Phi) is 3.28. The number of hydrogen-bond acceptors (Lipinski definition) is 5. The van der Waals surface area contributed by atoms with Gasteiger partial charge in [-0.25, -0.2) is 4.79 Å². The van der Waals surface area contributed by atoms with E-state index in [4.69, 9.17) is 5.11 Å². The van der Waals surface area contributed by atoms with Crippen LogP contribution in [0.25, 0.3) is 0 Å². The molecule has 0 bridgehead atoms. The molecule has 0 aliphatic carbocycles. The first-order valence-electron chi connectivity index (χ1n) is 2.80. The summed E-state index contributed by atoms with van der Waals surface area (Å²) in [4.78, 5) is 10.3. The molecule has 0 saturated heterocycles. The van der Waals surface area contributed by atoms with Crippen molar-refractivity contribution < 1.29 is 35.7 Å². The second-order valence-electron chi connectivity index (χ2n) is 1.98. The van der Waals surface area contributed by atoms with E-state index in [0.717, 1.165) is 6.92 Å². The Balaban J connectivity index is 4.65. The van der Waals surface area contributed by atoms with Crippen molar-refractivity contribution in [3.8, 4) is 0 Å². The molecule has 0 saturated carbocycles. The van der Waals surface area contributed by atoms with E-state index in [1.165, 1.54) is 0 Å². The van der Waals surface area contributed by atoms with E-state index in [9.17, 15) is 26.4 Å². The standard InChI is InChI=1S/C4H5F3O5S/c1-2(8)3(9)12-13(10,11)4(5,6)7/h2,8H,1H3/t2-/m1/s1. The molecule has 0 aliphatic rings. The Bertz CT molecular complexity index is 289. The van der Waals surface area contributed by atoms with Crippen LogP contribution >= 0.6 is 0 Å². The summed E-state index contributed by atoms with van der Waals surface area (Å²) in [6, 6.07) is 0. The lowest BCUT2D eigenvalue weighted by atomic mass is 10.4. The Morgan fingerprint density at radius 2 is 1.85 bits per heavy atom. The summed E-state index contributed by atoms with van der Waals surface area (Å²) in [6.45, 7) is 0.772. The highest BCUT2D eigenvalue weighted by Crippen LogP contribution is 2.24. The molecule has 0 unspecified atom stereocenters. The van der Waals surface area contributed by atoms with Gasteiger partial charge in [0.05, 0.1) is 0 Å². The number of aliphatic hydroxyl groups excluding tert-OH is 1. The second-order valence-corrected chi connectivity index (χ2v) is 3.52. The lowest BCUT2D eigenvalue weighted by Gasteiger charge is -2.08. The van der Waals surface area contributed by atoms with Crippen molar-refractivity contribution >= 4 is 16.1 Å². The number of hydrogen-bond donors (Lipinski definition) is 1. The summed E-state index contributed by atoms with van der Waals surface area (Å²) >= 11 is 0. The number of rotatable bonds is 2. The van der Waals surface area contributed by atoms with Crippen molar-refractivity contribution in [2.45, 2.75) is 18.5 Å². The Labute approximate surface area is 71.2 Å². The molecule has 78 valence electrons. The molecule has 0 rings (SSSR count). The molecule has 0 spiro atoms. The van der Waals surface area contributed by atoms with Gasteiger partial charge in [0.1, 0.15) is 6.10 Å². The molecule has 0 aromatic carbocycles. The fourth-order valence-electron chi connectivity index (χ4n) is 0.225. The molecule has 0 heterocycles. The third-order valence-corrected chi connectivity index (χ3v) is 1.77. The molecule has 0 aromatic rings. The zero-order chi connectivity index (χ0) is 10.9. The number of aliphatic hydroxyl groups is 1. The van der Waals surface area contributed by atoms with E-state index in [2.05, 4.69) is 4.18 Å². The molecule has 0 amide bonds. The molecule has 0 aliphatic heterocycles. The topological polar surface area (TPSA) is 80.7 Å². The Morgan fingerprint density at radius 1 is 1.46 bits per heavy atom. The van der Waals surface area contributed by atoms with Gasteiger partial charge >= 0.3 is 21.6 Å². The lowest BCUT2D eigenvalue weighted by molar-refractivity contribution is -0.144. The average Bonchev–Trinajstić information content (AvgIpc) is 1.83. The van der Waals surface area contributed by atoms with E-state index < -0.39 is 27.7 Å². The van der Waals surface area contributed by atoms with Crippen LogP contribution < -0.4 is 0 Å². The summed E-state index contributed by atoms with van der Waals surface area (Å²) in [6.07, 6.45) is -1.93. The van der Waals surface area contributed by atoms with Crippen LogP contribution in [0.5, 0.6) is 0 Å². The van der Waals surface area contributed by atoms with Crippen LogP contribution in [0.2, 0.25) is 0 Å². The molecule has 1 atom stereocenters. The number of alkyl halides is 3. The van der Waals surface area contributed by atoms with Crippen LogP contribution in [0.3, 0.4) is 0 Å². The van der Waals surface area contributed by atoms with Crippen LogP contribution in [0.4, 0.5) is 13.2 Å².